The van der Waals surface area contributed by atoms with Gasteiger partial charge in [0.1, 0.15) is 6.04 Å². The number of benzene rings is 2. The monoisotopic (exact) mass is 524 g/mol. The summed E-state index contributed by atoms with van der Waals surface area (Å²) in [6.45, 7) is 7.02. The summed E-state index contributed by atoms with van der Waals surface area (Å²) < 4.78 is 1.03. The van der Waals surface area contributed by atoms with Gasteiger partial charge in [-0.05, 0) is 47.7 Å². The molecule has 0 saturated carbocycles. The average Bonchev–Trinajstić information content (AvgIpc) is 2.74. The molecule has 4 nitrogen and oxygen atoms in total. The topological polar surface area (TPSA) is 49.4 Å². The fourth-order valence-electron chi connectivity index (χ4n) is 3.05. The quantitative estimate of drug-likeness (QED) is 0.396. The Balaban J connectivity index is 2.10. The third-order valence-electron chi connectivity index (χ3n) is 4.74. The molecule has 0 saturated heterocycles. The molecular formula is C24H30BrClN2O2S. The van der Waals surface area contributed by atoms with E-state index in [0.29, 0.717) is 36.2 Å². The van der Waals surface area contributed by atoms with Crippen molar-refractivity contribution in [3.05, 3.63) is 69.2 Å². The average molecular weight is 526 g/mol. The molecule has 7 heteroatoms. The Labute approximate surface area is 203 Å². The van der Waals surface area contributed by atoms with Gasteiger partial charge < -0.3 is 10.2 Å². The Bertz CT molecular complexity index is 844. The van der Waals surface area contributed by atoms with Gasteiger partial charge >= 0.3 is 0 Å². The lowest BCUT2D eigenvalue weighted by Gasteiger charge is -2.31. The number of amides is 2. The van der Waals surface area contributed by atoms with E-state index in [9.17, 15) is 9.59 Å². The molecule has 0 aliphatic heterocycles. The molecule has 0 aliphatic carbocycles. The molecule has 1 atom stereocenters. The van der Waals surface area contributed by atoms with Gasteiger partial charge in [0.25, 0.3) is 0 Å². The smallest absolute Gasteiger partial charge is 0.242 e. The molecule has 1 unspecified atom stereocenters. The predicted molar refractivity (Wildman–Crippen MR) is 134 cm³/mol. The Morgan fingerprint density at radius 1 is 1.06 bits per heavy atom. The number of nitrogens with zero attached hydrogens (tertiary/aromatic N) is 1. The molecule has 2 aromatic carbocycles. The van der Waals surface area contributed by atoms with Crippen LogP contribution < -0.4 is 5.32 Å². The minimum Gasteiger partial charge on any atom is -0.354 e. The number of carbonyl (C=O) groups excluding carboxylic acids is 2. The number of rotatable bonds is 11. The Kier molecular flexibility index (Phi) is 10.9. The molecular weight excluding hydrogens is 496 g/mol. The number of carbonyl (C=O) groups is 2. The summed E-state index contributed by atoms with van der Waals surface area (Å²) in [5.41, 5.74) is 2.11. The van der Waals surface area contributed by atoms with E-state index in [4.69, 9.17) is 11.6 Å². The second-order valence-corrected chi connectivity index (χ2v) is 10.2. The van der Waals surface area contributed by atoms with Crippen LogP contribution in [0.3, 0.4) is 0 Å². The van der Waals surface area contributed by atoms with Gasteiger partial charge in [0, 0.05) is 28.3 Å². The van der Waals surface area contributed by atoms with Crippen LogP contribution >= 0.6 is 39.3 Å². The molecule has 0 radical (unpaired) electrons. The highest BCUT2D eigenvalue weighted by atomic mass is 79.9. The van der Waals surface area contributed by atoms with Crippen molar-refractivity contribution < 1.29 is 9.59 Å². The maximum absolute atomic E-state index is 13.2. The molecule has 168 valence electrons. The first kappa shape index (κ1) is 25.8. The third kappa shape index (κ3) is 8.87. The van der Waals surface area contributed by atoms with Crippen LogP contribution in [0.2, 0.25) is 5.02 Å². The number of hydrogen-bond donors (Lipinski definition) is 1. The van der Waals surface area contributed by atoms with Crippen molar-refractivity contribution in [1.29, 1.82) is 0 Å². The van der Waals surface area contributed by atoms with Crippen LogP contribution in [0.25, 0.3) is 0 Å². The largest absolute Gasteiger partial charge is 0.354 e. The minimum atomic E-state index is -0.504. The van der Waals surface area contributed by atoms with E-state index < -0.39 is 6.04 Å². The van der Waals surface area contributed by atoms with Gasteiger partial charge in [-0.15, -0.1) is 11.8 Å². The summed E-state index contributed by atoms with van der Waals surface area (Å²) in [7, 11) is 0. The van der Waals surface area contributed by atoms with Gasteiger partial charge in [0.2, 0.25) is 11.8 Å². The number of nitrogens with one attached hydrogen (secondary N) is 1. The molecule has 1 N–H and O–H groups in total. The van der Waals surface area contributed by atoms with Crippen molar-refractivity contribution in [3.63, 3.8) is 0 Å². The predicted octanol–water partition coefficient (Wildman–Crippen LogP) is 5.92. The van der Waals surface area contributed by atoms with Crippen LogP contribution in [0.15, 0.2) is 53.0 Å². The number of hydrogen-bond acceptors (Lipinski definition) is 3. The maximum Gasteiger partial charge on any atom is 0.242 e. The minimum absolute atomic E-state index is 0.0383. The lowest BCUT2D eigenvalue weighted by Crippen LogP contribution is -2.50. The molecule has 0 bridgehead atoms. The molecule has 2 aromatic rings. The molecule has 0 heterocycles. The van der Waals surface area contributed by atoms with Crippen LogP contribution in [0.1, 0.15) is 38.3 Å². The van der Waals surface area contributed by atoms with Crippen molar-refractivity contribution in [2.75, 3.05) is 12.3 Å². The van der Waals surface area contributed by atoms with E-state index in [1.165, 1.54) is 0 Å². The molecule has 0 fully saturated rings. The van der Waals surface area contributed by atoms with Crippen molar-refractivity contribution in [1.82, 2.24) is 10.2 Å². The first-order chi connectivity index (χ1) is 14.8. The second kappa shape index (κ2) is 13.1. The molecule has 0 spiro atoms. The van der Waals surface area contributed by atoms with E-state index in [1.54, 1.807) is 16.7 Å². The van der Waals surface area contributed by atoms with Crippen LogP contribution in [-0.2, 0) is 21.9 Å². The highest BCUT2D eigenvalue weighted by Crippen LogP contribution is 2.19. The summed E-state index contributed by atoms with van der Waals surface area (Å²) >= 11 is 11.0. The third-order valence-corrected chi connectivity index (χ3v) is 6.51. The van der Waals surface area contributed by atoms with Crippen LogP contribution in [0, 0.1) is 5.92 Å². The van der Waals surface area contributed by atoms with E-state index in [2.05, 4.69) is 35.1 Å². The lowest BCUT2D eigenvalue weighted by atomic mass is 10.1. The summed E-state index contributed by atoms with van der Waals surface area (Å²) in [6.07, 6.45) is 0.556. The Morgan fingerprint density at radius 3 is 2.26 bits per heavy atom. The van der Waals surface area contributed by atoms with E-state index in [0.717, 1.165) is 21.4 Å². The molecule has 2 rings (SSSR count). The number of halogens is 2. The van der Waals surface area contributed by atoms with Crippen molar-refractivity contribution in [2.24, 2.45) is 5.92 Å². The highest BCUT2D eigenvalue weighted by molar-refractivity contribution is 9.10. The first-order valence-electron chi connectivity index (χ1n) is 10.4. The van der Waals surface area contributed by atoms with Crippen LogP contribution in [-0.4, -0.2) is 35.1 Å². The van der Waals surface area contributed by atoms with Gasteiger partial charge in [-0.3, -0.25) is 9.59 Å². The fourth-order valence-corrected chi connectivity index (χ4v) is 4.31. The van der Waals surface area contributed by atoms with Crippen LogP contribution in [0.5, 0.6) is 0 Å². The zero-order chi connectivity index (χ0) is 22.8. The van der Waals surface area contributed by atoms with Gasteiger partial charge in [0.05, 0.1) is 5.75 Å². The normalized spacial score (nSPS) is 11.9. The van der Waals surface area contributed by atoms with Gasteiger partial charge in [-0.25, -0.2) is 0 Å². The summed E-state index contributed by atoms with van der Waals surface area (Å²) in [5.74, 6) is 1.27. The summed E-state index contributed by atoms with van der Waals surface area (Å²) in [6, 6.07) is 15.0. The molecule has 31 heavy (non-hydrogen) atoms. The molecule has 0 aliphatic rings. The van der Waals surface area contributed by atoms with Gasteiger partial charge in [-0.1, -0.05) is 72.6 Å². The van der Waals surface area contributed by atoms with E-state index in [1.807, 2.05) is 55.5 Å². The van der Waals surface area contributed by atoms with Gasteiger partial charge in [0.15, 0.2) is 0 Å². The second-order valence-electron chi connectivity index (χ2n) is 7.83. The Hall–Kier alpha value is -1.50. The molecule has 0 aromatic heterocycles. The summed E-state index contributed by atoms with van der Waals surface area (Å²) in [4.78, 5) is 27.8. The Morgan fingerprint density at radius 2 is 1.68 bits per heavy atom. The first-order valence-corrected chi connectivity index (χ1v) is 12.8. The lowest BCUT2D eigenvalue weighted by molar-refractivity contribution is -0.139. The summed E-state index contributed by atoms with van der Waals surface area (Å²) in [5, 5.41) is 3.63. The van der Waals surface area contributed by atoms with Crippen molar-refractivity contribution >= 4 is 51.1 Å². The SMILES string of the molecule is CCC(C(=O)NCC(C)C)N(Cc1ccc(Cl)cc1)C(=O)CSCc1ccc(Br)cc1. The molecule has 2 amide bonds. The fraction of sp³-hybridized carbons (Fsp3) is 0.417. The van der Waals surface area contributed by atoms with Gasteiger partial charge in [-0.2, -0.15) is 0 Å². The standard InChI is InChI=1S/C24H30BrClN2O2S/c1-4-22(24(30)27-13-17(2)3)28(14-18-7-11-21(26)12-8-18)23(29)16-31-15-19-5-9-20(25)10-6-19/h5-12,17,22H,4,13-16H2,1-3H3,(H,27,30). The zero-order valence-corrected chi connectivity index (χ0v) is 21.4. The van der Waals surface area contributed by atoms with E-state index >= 15 is 0 Å². The van der Waals surface area contributed by atoms with Crippen molar-refractivity contribution in [3.8, 4) is 0 Å². The number of thioether (sulfide) groups is 1. The van der Waals surface area contributed by atoms with Crippen molar-refractivity contribution in [2.45, 2.75) is 45.5 Å². The zero-order valence-electron chi connectivity index (χ0n) is 18.2. The van der Waals surface area contributed by atoms with E-state index in [-0.39, 0.29) is 11.8 Å². The van der Waals surface area contributed by atoms with Crippen LogP contribution in [0.4, 0.5) is 0 Å². The highest BCUT2D eigenvalue weighted by Gasteiger charge is 2.28. The maximum atomic E-state index is 13.2.